The number of benzene rings is 2. The first kappa shape index (κ1) is 34.1. The summed E-state index contributed by atoms with van der Waals surface area (Å²) in [7, 11) is 0. The first-order valence-electron chi connectivity index (χ1n) is 18.1. The maximum Gasteiger partial charge on any atom is 0.311 e. The lowest BCUT2D eigenvalue weighted by Crippen LogP contribution is -2.50. The molecule has 2 aromatic carbocycles. The second-order valence-corrected chi connectivity index (χ2v) is 14.9. The van der Waals surface area contributed by atoms with Crippen molar-refractivity contribution in [2.75, 3.05) is 39.3 Å². The normalized spacial score (nSPS) is 26.3. The van der Waals surface area contributed by atoms with Crippen molar-refractivity contribution in [3.63, 3.8) is 0 Å². The molecule has 50 heavy (non-hydrogen) atoms. The number of esters is 1. The molecule has 5 atom stereocenters. The lowest BCUT2D eigenvalue weighted by Gasteiger charge is -2.46. The lowest BCUT2D eigenvalue weighted by atomic mass is 9.59. The van der Waals surface area contributed by atoms with Gasteiger partial charge in [0.2, 0.25) is 5.91 Å². The molecular formula is C39H46FN5O5. The Morgan fingerprint density at radius 2 is 1.84 bits per heavy atom. The Balaban J connectivity index is 0.874. The number of nitrogens with zero attached hydrogens (tertiary/aromatic N) is 3. The molecule has 0 bridgehead atoms. The van der Waals surface area contributed by atoms with Crippen molar-refractivity contribution >= 4 is 28.6 Å². The molecule has 10 nitrogen and oxygen atoms in total. The fourth-order valence-electron chi connectivity index (χ4n) is 8.74. The van der Waals surface area contributed by atoms with Crippen LogP contribution in [0.2, 0.25) is 0 Å². The third-order valence-corrected chi connectivity index (χ3v) is 11.5. The van der Waals surface area contributed by atoms with Crippen LogP contribution in [-0.2, 0) is 20.7 Å². The summed E-state index contributed by atoms with van der Waals surface area (Å²) in [5.41, 5.74) is 2.68. The Hall–Kier alpha value is -4.38. The molecule has 3 heterocycles. The number of carbonyl (C=O) groups is 3. The molecule has 0 radical (unpaired) electrons. The van der Waals surface area contributed by atoms with Gasteiger partial charge in [0.15, 0.2) is 0 Å². The van der Waals surface area contributed by atoms with Crippen molar-refractivity contribution in [2.24, 2.45) is 23.2 Å². The summed E-state index contributed by atoms with van der Waals surface area (Å²) in [6, 6.07) is 11.6. The van der Waals surface area contributed by atoms with Crippen LogP contribution in [0.5, 0.6) is 0 Å². The van der Waals surface area contributed by atoms with E-state index in [1.54, 1.807) is 34.1 Å². The van der Waals surface area contributed by atoms with Crippen molar-refractivity contribution in [3.05, 3.63) is 87.1 Å². The summed E-state index contributed by atoms with van der Waals surface area (Å²) < 4.78 is 20.8. The first-order chi connectivity index (χ1) is 24.1. The van der Waals surface area contributed by atoms with E-state index < -0.39 is 11.7 Å². The number of rotatable bonds is 9. The number of H-pyrrole nitrogens is 1. The predicted molar refractivity (Wildman–Crippen MR) is 187 cm³/mol. The van der Waals surface area contributed by atoms with Gasteiger partial charge in [0.25, 0.3) is 11.5 Å². The predicted octanol–water partition coefficient (Wildman–Crippen LogP) is 4.62. The third-order valence-electron chi connectivity index (χ3n) is 11.5. The second kappa shape index (κ2) is 14.1. The number of piperazine rings is 1. The third kappa shape index (κ3) is 6.72. The highest BCUT2D eigenvalue weighted by molar-refractivity contribution is 5.95. The van der Waals surface area contributed by atoms with E-state index >= 15 is 0 Å². The van der Waals surface area contributed by atoms with E-state index in [-0.39, 0.29) is 46.4 Å². The number of halogens is 1. The average molecular weight is 684 g/mol. The number of aromatic nitrogens is 2. The van der Waals surface area contributed by atoms with Crippen LogP contribution in [-0.4, -0.2) is 83.2 Å². The molecule has 3 unspecified atom stereocenters. The fraction of sp³-hybridized carbons (Fsp3) is 0.513. The molecule has 2 amide bonds. The molecule has 11 heteroatoms. The lowest BCUT2D eigenvalue weighted by molar-refractivity contribution is -0.145. The van der Waals surface area contributed by atoms with Crippen LogP contribution >= 0.6 is 0 Å². The van der Waals surface area contributed by atoms with Gasteiger partial charge in [0.05, 0.1) is 22.6 Å². The van der Waals surface area contributed by atoms with Crippen molar-refractivity contribution < 1.29 is 23.5 Å². The first-order valence-corrected chi connectivity index (χ1v) is 18.1. The maximum absolute atomic E-state index is 14.9. The molecular weight excluding hydrogens is 637 g/mol. The summed E-state index contributed by atoms with van der Waals surface area (Å²) in [5.74, 6) is -0.640. The van der Waals surface area contributed by atoms with Crippen molar-refractivity contribution in [1.82, 2.24) is 25.3 Å². The highest BCUT2D eigenvalue weighted by Crippen LogP contribution is 2.53. The molecule has 7 rings (SSSR count). The van der Waals surface area contributed by atoms with Crippen LogP contribution in [0, 0.1) is 29.0 Å². The van der Waals surface area contributed by atoms with E-state index in [1.165, 1.54) is 24.5 Å². The Morgan fingerprint density at radius 1 is 1.08 bits per heavy atom. The molecule has 1 saturated carbocycles. The Kier molecular flexibility index (Phi) is 9.61. The molecule has 3 aromatic rings. The van der Waals surface area contributed by atoms with Crippen molar-refractivity contribution in [3.8, 4) is 0 Å². The van der Waals surface area contributed by atoms with Gasteiger partial charge in [-0.1, -0.05) is 56.2 Å². The fourth-order valence-corrected chi connectivity index (χ4v) is 8.74. The number of nitrogens with one attached hydrogen (secondary N) is 2. The summed E-state index contributed by atoms with van der Waals surface area (Å²) >= 11 is 0. The maximum atomic E-state index is 14.9. The van der Waals surface area contributed by atoms with E-state index in [2.05, 4.69) is 35.4 Å². The number of hydrogen-bond acceptors (Lipinski definition) is 7. The zero-order valence-electron chi connectivity index (χ0n) is 28.9. The topological polar surface area (TPSA) is 125 Å². The summed E-state index contributed by atoms with van der Waals surface area (Å²) in [6.45, 7) is 7.20. The summed E-state index contributed by atoms with van der Waals surface area (Å²) in [6.07, 6.45) is 8.16. The van der Waals surface area contributed by atoms with E-state index in [1.807, 2.05) is 12.1 Å². The van der Waals surface area contributed by atoms with Crippen LogP contribution in [0.3, 0.4) is 0 Å². The van der Waals surface area contributed by atoms with E-state index in [9.17, 15) is 23.6 Å². The molecule has 0 spiro atoms. The number of amides is 2. The smallest absolute Gasteiger partial charge is 0.311 e. The van der Waals surface area contributed by atoms with E-state index in [4.69, 9.17) is 4.74 Å². The van der Waals surface area contributed by atoms with Gasteiger partial charge in [-0.05, 0) is 67.3 Å². The minimum absolute atomic E-state index is 0.0220. The zero-order valence-corrected chi connectivity index (χ0v) is 28.9. The van der Waals surface area contributed by atoms with Crippen molar-refractivity contribution in [1.29, 1.82) is 0 Å². The summed E-state index contributed by atoms with van der Waals surface area (Å²) in [5, 5.41) is 11.4. The monoisotopic (exact) mass is 683 g/mol. The van der Waals surface area contributed by atoms with Gasteiger partial charge in [-0.3, -0.25) is 19.2 Å². The van der Waals surface area contributed by atoms with Gasteiger partial charge < -0.3 is 19.9 Å². The van der Waals surface area contributed by atoms with Gasteiger partial charge in [-0.15, -0.1) is 0 Å². The SMILES string of the molecule is C[C@H]1CCC[C@]2(C)CC3OC(=O)C(CNCCCC(=O)N4CCN(C(=O)c5cc(Cc6n[nH]c(=O)c7ccccc67)ccc5F)CC4)C3C=C12. The average Bonchev–Trinajstić information content (AvgIpc) is 3.41. The van der Waals surface area contributed by atoms with Gasteiger partial charge in [0, 0.05) is 56.9 Å². The van der Waals surface area contributed by atoms with E-state index in [0.29, 0.717) is 86.5 Å². The highest BCUT2D eigenvalue weighted by atomic mass is 19.1. The molecule has 2 saturated heterocycles. The molecule has 2 N–H and O–H groups in total. The van der Waals surface area contributed by atoms with Gasteiger partial charge in [0.1, 0.15) is 11.9 Å². The van der Waals surface area contributed by atoms with Crippen LogP contribution in [0.25, 0.3) is 10.8 Å². The minimum atomic E-state index is -0.604. The zero-order chi connectivity index (χ0) is 35.0. The minimum Gasteiger partial charge on any atom is -0.461 e. The number of fused-ring (bicyclic) bond motifs is 3. The molecule has 2 aliphatic carbocycles. The number of hydrogen-bond donors (Lipinski definition) is 2. The van der Waals surface area contributed by atoms with Crippen LogP contribution < -0.4 is 10.9 Å². The van der Waals surface area contributed by atoms with Gasteiger partial charge >= 0.3 is 5.97 Å². The van der Waals surface area contributed by atoms with Crippen LogP contribution in [0.1, 0.15) is 74.0 Å². The van der Waals surface area contributed by atoms with Gasteiger partial charge in [-0.25, -0.2) is 9.49 Å². The molecule has 4 aliphatic rings. The second-order valence-electron chi connectivity index (χ2n) is 14.9. The van der Waals surface area contributed by atoms with Crippen molar-refractivity contribution in [2.45, 2.75) is 64.9 Å². The molecule has 264 valence electrons. The summed E-state index contributed by atoms with van der Waals surface area (Å²) in [4.78, 5) is 54.8. The molecule has 1 aromatic heterocycles. The standard InChI is InChI=1S/C39H46FN5O5/c1-24-7-5-13-39(2)22-34-28(21-31(24)39)30(38(49)50-34)23-41-14-6-10-35(46)44-15-17-45(18-16-44)37(48)29-19-25(11-12-32(29)40)20-33-26-8-3-4-9-27(26)36(47)43-42-33/h3-4,8-9,11-12,19,21,24,28,30,34,41H,5-7,10,13-18,20,22-23H2,1-2H3,(H,43,47)/t24-,28?,30?,34?,39+/m0/s1. The Morgan fingerprint density at radius 3 is 2.64 bits per heavy atom. The highest BCUT2D eigenvalue weighted by Gasteiger charge is 2.51. The molecule has 2 aliphatic heterocycles. The Labute approximate surface area is 291 Å². The van der Waals surface area contributed by atoms with Gasteiger partial charge in [-0.2, -0.15) is 5.10 Å². The quantitative estimate of drug-likeness (QED) is 0.192. The number of carbonyl (C=O) groups excluding carboxylic acids is 3. The van der Waals surface area contributed by atoms with Crippen LogP contribution in [0.15, 0.2) is 58.9 Å². The largest absolute Gasteiger partial charge is 0.461 e. The Bertz CT molecular complexity index is 1880. The number of aromatic amines is 1. The number of allylic oxidation sites excluding steroid dienone is 1. The molecule has 3 fully saturated rings. The van der Waals surface area contributed by atoms with E-state index in [0.717, 1.165) is 12.8 Å². The van der Waals surface area contributed by atoms with Crippen LogP contribution in [0.4, 0.5) is 4.39 Å². The number of ether oxygens (including phenoxy) is 1.